The molecule has 0 radical (unpaired) electrons. The molecule has 1 aromatic carbocycles. The van der Waals surface area contributed by atoms with Gasteiger partial charge in [0.15, 0.2) is 9.84 Å². The third-order valence-electron chi connectivity index (χ3n) is 3.83. The smallest absolute Gasteiger partial charge is 0.223 e. The summed E-state index contributed by atoms with van der Waals surface area (Å²) in [5.41, 5.74) is 0. The molecule has 1 aliphatic heterocycles. The molecule has 0 spiro atoms. The third kappa shape index (κ3) is 5.49. The molecule has 1 amide bonds. The van der Waals surface area contributed by atoms with Crippen LogP contribution in [0.2, 0.25) is 0 Å². The summed E-state index contributed by atoms with van der Waals surface area (Å²) in [5.74, 6) is 0.592. The number of halogens is 1. The molecular weight excluding hydrogens is 337 g/mol. The van der Waals surface area contributed by atoms with Crippen molar-refractivity contribution in [1.29, 1.82) is 0 Å². The first-order valence-electron chi connectivity index (χ1n) is 7.79. The minimum atomic E-state index is -2.99. The van der Waals surface area contributed by atoms with E-state index < -0.39 is 9.84 Å². The maximum absolute atomic E-state index is 12.8. The van der Waals surface area contributed by atoms with Crippen LogP contribution in [-0.2, 0) is 14.6 Å². The zero-order valence-electron chi connectivity index (χ0n) is 13.2. The highest BCUT2D eigenvalue weighted by Crippen LogP contribution is 2.22. The summed E-state index contributed by atoms with van der Waals surface area (Å²) < 4.78 is 36.1. The van der Waals surface area contributed by atoms with Crippen molar-refractivity contribution in [3.63, 3.8) is 0 Å². The molecular formula is C16H22FNO3S2. The molecule has 0 aliphatic carbocycles. The van der Waals surface area contributed by atoms with Crippen molar-refractivity contribution < 1.29 is 17.6 Å². The molecule has 128 valence electrons. The lowest BCUT2D eigenvalue weighted by Crippen LogP contribution is -2.41. The van der Waals surface area contributed by atoms with Gasteiger partial charge in [0, 0.05) is 29.7 Å². The van der Waals surface area contributed by atoms with E-state index in [9.17, 15) is 17.6 Å². The van der Waals surface area contributed by atoms with Gasteiger partial charge < -0.3 is 4.90 Å². The topological polar surface area (TPSA) is 54.5 Å². The predicted molar refractivity (Wildman–Crippen MR) is 90.8 cm³/mol. The monoisotopic (exact) mass is 359 g/mol. The van der Waals surface area contributed by atoms with Gasteiger partial charge in [-0.3, -0.25) is 4.79 Å². The molecule has 1 fully saturated rings. The van der Waals surface area contributed by atoms with Crippen LogP contribution in [0, 0.1) is 5.82 Å². The first kappa shape index (κ1) is 18.3. The highest BCUT2D eigenvalue weighted by Gasteiger charge is 2.33. The lowest BCUT2D eigenvalue weighted by Gasteiger charge is -2.28. The second-order valence-electron chi connectivity index (χ2n) is 5.70. The Kier molecular flexibility index (Phi) is 6.47. The van der Waals surface area contributed by atoms with Gasteiger partial charge in [0.2, 0.25) is 5.91 Å². The summed E-state index contributed by atoms with van der Waals surface area (Å²) >= 11 is 1.50. The maximum atomic E-state index is 12.8. The van der Waals surface area contributed by atoms with E-state index in [0.717, 1.165) is 11.3 Å². The molecule has 1 aliphatic rings. The number of thioether (sulfide) groups is 1. The fourth-order valence-corrected chi connectivity index (χ4v) is 5.28. The fraction of sp³-hybridized carbons (Fsp3) is 0.562. The van der Waals surface area contributed by atoms with Crippen molar-refractivity contribution in [3.8, 4) is 0 Å². The van der Waals surface area contributed by atoms with E-state index in [0.29, 0.717) is 25.1 Å². The molecule has 1 atom stereocenters. The fourth-order valence-electron chi connectivity index (χ4n) is 2.70. The van der Waals surface area contributed by atoms with E-state index >= 15 is 0 Å². The summed E-state index contributed by atoms with van der Waals surface area (Å²) in [5, 5.41) is 0. The predicted octanol–water partition coefficient (Wildman–Crippen LogP) is 2.73. The Hall–Kier alpha value is -1.08. The van der Waals surface area contributed by atoms with E-state index in [-0.39, 0.29) is 29.3 Å². The van der Waals surface area contributed by atoms with Gasteiger partial charge in [-0.05, 0) is 37.1 Å². The van der Waals surface area contributed by atoms with Crippen LogP contribution < -0.4 is 0 Å². The second-order valence-corrected chi connectivity index (χ2v) is 9.09. The van der Waals surface area contributed by atoms with Crippen LogP contribution in [0.5, 0.6) is 0 Å². The van der Waals surface area contributed by atoms with Crippen LogP contribution >= 0.6 is 11.8 Å². The van der Waals surface area contributed by atoms with Gasteiger partial charge in [-0.1, -0.05) is 6.92 Å². The molecule has 0 bridgehead atoms. The molecule has 23 heavy (non-hydrogen) atoms. The maximum Gasteiger partial charge on any atom is 0.223 e. The SMILES string of the molecule is CCCN(C(=O)CCSc1ccc(F)cc1)C1CCS(=O)(=O)C1. The van der Waals surface area contributed by atoms with Gasteiger partial charge >= 0.3 is 0 Å². The van der Waals surface area contributed by atoms with Gasteiger partial charge in [0.05, 0.1) is 11.5 Å². The van der Waals surface area contributed by atoms with Crippen molar-refractivity contribution >= 4 is 27.5 Å². The van der Waals surface area contributed by atoms with Crippen LogP contribution in [0.3, 0.4) is 0 Å². The number of sulfone groups is 1. The highest BCUT2D eigenvalue weighted by atomic mass is 32.2. The molecule has 1 saturated heterocycles. The van der Waals surface area contributed by atoms with Crippen molar-refractivity contribution in [2.24, 2.45) is 0 Å². The first-order chi connectivity index (χ1) is 10.9. The molecule has 1 heterocycles. The van der Waals surface area contributed by atoms with E-state index in [1.807, 2.05) is 6.92 Å². The van der Waals surface area contributed by atoms with Gasteiger partial charge in [-0.2, -0.15) is 0 Å². The zero-order valence-corrected chi connectivity index (χ0v) is 14.8. The third-order valence-corrected chi connectivity index (χ3v) is 6.60. The van der Waals surface area contributed by atoms with Gasteiger partial charge in [-0.25, -0.2) is 12.8 Å². The Bertz CT molecular complexity index is 631. The Morgan fingerprint density at radius 2 is 2.04 bits per heavy atom. The van der Waals surface area contributed by atoms with Gasteiger partial charge in [-0.15, -0.1) is 11.8 Å². The van der Waals surface area contributed by atoms with E-state index in [2.05, 4.69) is 0 Å². The number of amides is 1. The number of carbonyl (C=O) groups is 1. The molecule has 0 saturated carbocycles. The molecule has 0 N–H and O–H groups in total. The Labute approximate surface area is 141 Å². The normalized spacial score (nSPS) is 19.7. The average molecular weight is 359 g/mol. The number of hydrogen-bond acceptors (Lipinski definition) is 4. The largest absolute Gasteiger partial charge is 0.339 e. The Morgan fingerprint density at radius 1 is 1.35 bits per heavy atom. The van der Waals surface area contributed by atoms with E-state index in [1.165, 1.54) is 23.9 Å². The average Bonchev–Trinajstić information content (AvgIpc) is 2.86. The van der Waals surface area contributed by atoms with Crippen LogP contribution in [-0.4, -0.2) is 49.1 Å². The van der Waals surface area contributed by atoms with E-state index in [1.54, 1.807) is 17.0 Å². The quantitative estimate of drug-likeness (QED) is 0.703. The minimum absolute atomic E-state index is 0.00330. The lowest BCUT2D eigenvalue weighted by molar-refractivity contribution is -0.132. The molecule has 2 rings (SSSR count). The minimum Gasteiger partial charge on any atom is -0.339 e. The van der Waals surface area contributed by atoms with Crippen LogP contribution in [0.4, 0.5) is 4.39 Å². The number of rotatable bonds is 7. The van der Waals surface area contributed by atoms with Crippen LogP contribution in [0.15, 0.2) is 29.2 Å². The Balaban J connectivity index is 1.87. The summed E-state index contributed by atoms with van der Waals surface area (Å²) in [6, 6.07) is 6.01. The summed E-state index contributed by atoms with van der Waals surface area (Å²) in [7, 11) is -2.99. The molecule has 0 aromatic heterocycles. The summed E-state index contributed by atoms with van der Waals surface area (Å²) in [4.78, 5) is 15.1. The number of hydrogen-bond donors (Lipinski definition) is 0. The lowest BCUT2D eigenvalue weighted by atomic mass is 10.2. The first-order valence-corrected chi connectivity index (χ1v) is 10.6. The Morgan fingerprint density at radius 3 is 2.61 bits per heavy atom. The highest BCUT2D eigenvalue weighted by molar-refractivity contribution is 7.99. The number of nitrogens with zero attached hydrogens (tertiary/aromatic N) is 1. The van der Waals surface area contributed by atoms with Crippen LogP contribution in [0.1, 0.15) is 26.2 Å². The molecule has 7 heteroatoms. The molecule has 1 aromatic rings. The molecule has 4 nitrogen and oxygen atoms in total. The van der Waals surface area contributed by atoms with Crippen molar-refractivity contribution in [2.75, 3.05) is 23.8 Å². The number of carbonyl (C=O) groups excluding carboxylic acids is 1. The van der Waals surface area contributed by atoms with Gasteiger partial charge in [0.25, 0.3) is 0 Å². The zero-order chi connectivity index (χ0) is 16.9. The number of benzene rings is 1. The van der Waals surface area contributed by atoms with Crippen LogP contribution in [0.25, 0.3) is 0 Å². The summed E-state index contributed by atoms with van der Waals surface area (Å²) in [6.07, 6.45) is 1.71. The standard InChI is InChI=1S/C16H22FNO3S2/c1-2-9-18(14-8-11-23(20,21)12-14)16(19)7-10-22-15-5-3-13(17)4-6-15/h3-6,14H,2,7-12H2,1H3. The van der Waals surface area contributed by atoms with E-state index in [4.69, 9.17) is 0 Å². The second kappa shape index (κ2) is 8.15. The van der Waals surface area contributed by atoms with Crippen molar-refractivity contribution in [2.45, 2.75) is 37.1 Å². The van der Waals surface area contributed by atoms with Crippen molar-refractivity contribution in [1.82, 2.24) is 4.90 Å². The van der Waals surface area contributed by atoms with Gasteiger partial charge in [0.1, 0.15) is 5.82 Å². The van der Waals surface area contributed by atoms with Crippen molar-refractivity contribution in [3.05, 3.63) is 30.1 Å². The molecule has 1 unspecified atom stereocenters. The summed E-state index contributed by atoms with van der Waals surface area (Å²) in [6.45, 7) is 2.58.